The van der Waals surface area contributed by atoms with Crippen LogP contribution in [0.4, 0.5) is 8.78 Å². The maximum absolute atomic E-state index is 14.4. The Morgan fingerprint density at radius 2 is 1.84 bits per heavy atom. The number of carbonyl (C=O) groups is 1. The highest BCUT2D eigenvalue weighted by molar-refractivity contribution is 5.95. The van der Waals surface area contributed by atoms with Gasteiger partial charge in [0.2, 0.25) is 0 Å². The summed E-state index contributed by atoms with van der Waals surface area (Å²) in [7, 11) is 0. The first-order valence-electron chi connectivity index (χ1n) is 11.3. The van der Waals surface area contributed by atoms with Gasteiger partial charge in [0.05, 0.1) is 19.8 Å². The molecule has 1 N–H and O–H groups in total. The summed E-state index contributed by atoms with van der Waals surface area (Å²) in [5.74, 6) is -1.31. The number of nitrogens with zero attached hydrogens (tertiary/aromatic N) is 2. The quantitative estimate of drug-likeness (QED) is 0.683. The minimum absolute atomic E-state index is 0.00670. The normalized spacial score (nSPS) is 16.9. The van der Waals surface area contributed by atoms with Crippen LogP contribution in [0.3, 0.4) is 0 Å². The molecule has 1 amide bonds. The number of carbonyl (C=O) groups excluding carboxylic acids is 1. The molecule has 0 spiro atoms. The Morgan fingerprint density at radius 3 is 2.58 bits per heavy atom. The Morgan fingerprint density at radius 1 is 1.13 bits per heavy atom. The number of halogens is 2. The molecule has 1 aliphatic carbocycles. The van der Waals surface area contributed by atoms with E-state index in [9.17, 15) is 13.6 Å². The molecular formula is C24H31F2N3O2. The van der Waals surface area contributed by atoms with Gasteiger partial charge in [0.1, 0.15) is 17.3 Å². The summed E-state index contributed by atoms with van der Waals surface area (Å²) in [4.78, 5) is 15.5. The zero-order valence-corrected chi connectivity index (χ0v) is 18.2. The minimum atomic E-state index is -0.576. The van der Waals surface area contributed by atoms with Crippen molar-refractivity contribution in [1.82, 2.24) is 14.8 Å². The van der Waals surface area contributed by atoms with E-state index in [0.29, 0.717) is 12.2 Å². The van der Waals surface area contributed by atoms with Gasteiger partial charge in [0.25, 0.3) is 5.91 Å². The number of rotatable bonds is 7. The fourth-order valence-electron chi connectivity index (χ4n) is 4.79. The van der Waals surface area contributed by atoms with Crippen LogP contribution in [0.15, 0.2) is 18.2 Å². The number of amides is 1. The van der Waals surface area contributed by atoms with Crippen LogP contribution in [-0.4, -0.2) is 54.8 Å². The molecule has 4 rings (SSSR count). The van der Waals surface area contributed by atoms with Gasteiger partial charge < -0.3 is 14.6 Å². The summed E-state index contributed by atoms with van der Waals surface area (Å²) in [5.41, 5.74) is 3.71. The maximum atomic E-state index is 14.4. The van der Waals surface area contributed by atoms with Crippen molar-refractivity contribution in [2.75, 3.05) is 39.4 Å². The first-order chi connectivity index (χ1) is 15.1. The van der Waals surface area contributed by atoms with Crippen LogP contribution < -0.4 is 5.32 Å². The van der Waals surface area contributed by atoms with E-state index in [4.69, 9.17) is 4.74 Å². The van der Waals surface area contributed by atoms with E-state index in [2.05, 4.69) is 10.2 Å². The first-order valence-corrected chi connectivity index (χ1v) is 11.3. The van der Waals surface area contributed by atoms with Crippen molar-refractivity contribution in [3.05, 3.63) is 57.9 Å². The van der Waals surface area contributed by atoms with Crippen molar-refractivity contribution >= 4 is 5.91 Å². The third-order valence-corrected chi connectivity index (χ3v) is 6.48. The van der Waals surface area contributed by atoms with Gasteiger partial charge in [-0.05, 0) is 68.8 Å². The molecule has 0 unspecified atom stereocenters. The molecule has 0 saturated carbocycles. The van der Waals surface area contributed by atoms with Crippen LogP contribution >= 0.6 is 0 Å². The Bertz CT molecular complexity index is 915. The molecular weight excluding hydrogens is 400 g/mol. The van der Waals surface area contributed by atoms with Crippen LogP contribution in [0.2, 0.25) is 0 Å². The molecule has 2 aromatic rings. The van der Waals surface area contributed by atoms with Crippen molar-refractivity contribution in [3.63, 3.8) is 0 Å². The largest absolute Gasteiger partial charge is 0.379 e. The summed E-state index contributed by atoms with van der Waals surface area (Å²) in [6.45, 7) is 6.86. The molecule has 2 heterocycles. The summed E-state index contributed by atoms with van der Waals surface area (Å²) < 4.78 is 35.9. The van der Waals surface area contributed by atoms with Crippen LogP contribution in [0.1, 0.15) is 52.1 Å². The topological polar surface area (TPSA) is 46.5 Å². The van der Waals surface area contributed by atoms with Gasteiger partial charge >= 0.3 is 0 Å². The van der Waals surface area contributed by atoms with Gasteiger partial charge in [0, 0.05) is 30.9 Å². The van der Waals surface area contributed by atoms with Crippen molar-refractivity contribution in [2.45, 2.75) is 45.6 Å². The highest BCUT2D eigenvalue weighted by Gasteiger charge is 2.27. The number of benzene rings is 1. The van der Waals surface area contributed by atoms with Gasteiger partial charge in [-0.1, -0.05) is 6.07 Å². The molecule has 1 fully saturated rings. The van der Waals surface area contributed by atoms with E-state index in [-0.39, 0.29) is 18.0 Å². The predicted octanol–water partition coefficient (Wildman–Crippen LogP) is 3.45. The van der Waals surface area contributed by atoms with Gasteiger partial charge in [0.15, 0.2) is 0 Å². The van der Waals surface area contributed by atoms with E-state index >= 15 is 0 Å². The number of morpholine rings is 1. The van der Waals surface area contributed by atoms with Crippen LogP contribution in [0.25, 0.3) is 0 Å². The zero-order valence-electron chi connectivity index (χ0n) is 18.2. The minimum Gasteiger partial charge on any atom is -0.379 e. The molecule has 1 aromatic carbocycles. The Hall–Kier alpha value is -2.25. The Kier molecular flexibility index (Phi) is 7.02. The average Bonchev–Trinajstić information content (AvgIpc) is 3.06. The van der Waals surface area contributed by atoms with E-state index in [1.54, 1.807) is 0 Å². The van der Waals surface area contributed by atoms with Crippen molar-refractivity contribution in [2.24, 2.45) is 0 Å². The molecule has 0 atom stereocenters. The predicted molar refractivity (Wildman–Crippen MR) is 115 cm³/mol. The zero-order chi connectivity index (χ0) is 21.8. The maximum Gasteiger partial charge on any atom is 0.268 e. The lowest BCUT2D eigenvalue weighted by Gasteiger charge is -2.26. The van der Waals surface area contributed by atoms with Crippen LogP contribution in [0, 0.1) is 18.6 Å². The lowest BCUT2D eigenvalue weighted by atomic mass is 9.95. The van der Waals surface area contributed by atoms with Gasteiger partial charge in [-0.2, -0.15) is 0 Å². The third-order valence-electron chi connectivity index (χ3n) is 6.48. The molecule has 31 heavy (non-hydrogen) atoms. The van der Waals surface area contributed by atoms with E-state index in [1.165, 1.54) is 23.8 Å². The first kappa shape index (κ1) is 22.0. The van der Waals surface area contributed by atoms with Crippen LogP contribution in [0.5, 0.6) is 0 Å². The van der Waals surface area contributed by atoms with Crippen LogP contribution in [-0.2, 0) is 24.1 Å². The monoisotopic (exact) mass is 431 g/mol. The Balaban J connectivity index is 1.52. The van der Waals surface area contributed by atoms with E-state index < -0.39 is 11.6 Å². The second-order valence-corrected chi connectivity index (χ2v) is 8.46. The molecule has 2 aliphatic rings. The van der Waals surface area contributed by atoms with E-state index in [1.807, 2.05) is 11.5 Å². The summed E-state index contributed by atoms with van der Waals surface area (Å²) in [6, 6.07) is 3.91. The third kappa shape index (κ3) is 4.83. The number of fused-ring (bicyclic) bond motifs is 1. The standard InChI is InChI=1S/C24H31F2N3O2/c1-17-18-6-2-3-9-22(18)29(16-19-20(25)7-4-8-21(19)26)23(17)24(30)27-10-5-11-28-12-14-31-15-13-28/h4,7-8H,2-3,5-6,9-16H2,1H3,(H,27,30). The highest BCUT2D eigenvalue weighted by Crippen LogP contribution is 2.31. The smallest absolute Gasteiger partial charge is 0.268 e. The second-order valence-electron chi connectivity index (χ2n) is 8.46. The molecule has 168 valence electrons. The fourth-order valence-corrected chi connectivity index (χ4v) is 4.79. The molecule has 5 nitrogen and oxygen atoms in total. The number of ether oxygens (including phenoxy) is 1. The lowest BCUT2D eigenvalue weighted by molar-refractivity contribution is 0.0374. The molecule has 0 radical (unpaired) electrons. The van der Waals surface area contributed by atoms with Gasteiger partial charge in [-0.3, -0.25) is 9.69 Å². The number of nitrogens with one attached hydrogen (secondary N) is 1. The van der Waals surface area contributed by atoms with Crippen molar-refractivity contribution in [3.8, 4) is 0 Å². The molecule has 1 saturated heterocycles. The number of hydrogen-bond acceptors (Lipinski definition) is 3. The molecule has 1 aromatic heterocycles. The fraction of sp³-hybridized carbons (Fsp3) is 0.542. The lowest BCUT2D eigenvalue weighted by Crippen LogP contribution is -2.38. The summed E-state index contributed by atoms with van der Waals surface area (Å²) in [6.07, 6.45) is 4.69. The number of aromatic nitrogens is 1. The molecule has 0 bridgehead atoms. The molecule has 1 aliphatic heterocycles. The summed E-state index contributed by atoms with van der Waals surface area (Å²) in [5, 5.41) is 3.04. The molecule has 7 heteroatoms. The SMILES string of the molecule is Cc1c2c(n(Cc3c(F)cccc3F)c1C(=O)NCCCN1CCOCC1)CCCC2. The van der Waals surface area contributed by atoms with Crippen molar-refractivity contribution in [1.29, 1.82) is 0 Å². The van der Waals surface area contributed by atoms with E-state index in [0.717, 1.165) is 76.2 Å². The highest BCUT2D eigenvalue weighted by atomic mass is 19.1. The van der Waals surface area contributed by atoms with Gasteiger partial charge in [-0.25, -0.2) is 8.78 Å². The van der Waals surface area contributed by atoms with Gasteiger partial charge in [-0.15, -0.1) is 0 Å². The Labute approximate surface area is 182 Å². The van der Waals surface area contributed by atoms with Crippen molar-refractivity contribution < 1.29 is 18.3 Å². The second kappa shape index (κ2) is 9.92. The average molecular weight is 432 g/mol. The summed E-state index contributed by atoms with van der Waals surface area (Å²) >= 11 is 0. The number of hydrogen-bond donors (Lipinski definition) is 1.